The van der Waals surface area contributed by atoms with Gasteiger partial charge < -0.3 is 5.32 Å². The Morgan fingerprint density at radius 2 is 1.70 bits per heavy atom. The van der Waals surface area contributed by atoms with Crippen LogP contribution in [0.15, 0.2) is 36.7 Å². The molecule has 100 valence electrons. The Morgan fingerprint density at radius 3 is 2.50 bits per heavy atom. The lowest BCUT2D eigenvalue weighted by Crippen LogP contribution is -2.04. The van der Waals surface area contributed by atoms with Crippen LogP contribution in [-0.4, -0.2) is 19.9 Å². The highest BCUT2D eigenvalue weighted by molar-refractivity contribution is 6.30. The molecular weight excluding hydrogens is 297 g/mol. The molecule has 5 nitrogen and oxygen atoms in total. The lowest BCUT2D eigenvalue weighted by molar-refractivity contribution is 1.08. The summed E-state index contributed by atoms with van der Waals surface area (Å²) in [5.74, 6) is 0.558. The molecule has 20 heavy (non-hydrogen) atoms. The third-order valence-electron chi connectivity index (χ3n) is 2.68. The van der Waals surface area contributed by atoms with Gasteiger partial charge in [-0.3, -0.25) is 0 Å². The van der Waals surface area contributed by atoms with Crippen molar-refractivity contribution in [1.82, 2.24) is 19.9 Å². The molecule has 0 aliphatic heterocycles. The van der Waals surface area contributed by atoms with Gasteiger partial charge in [-0.1, -0.05) is 23.7 Å². The molecule has 0 aliphatic carbocycles. The summed E-state index contributed by atoms with van der Waals surface area (Å²) in [7, 11) is 0. The van der Waals surface area contributed by atoms with E-state index in [0.29, 0.717) is 28.5 Å². The van der Waals surface area contributed by atoms with Crippen LogP contribution in [0.25, 0.3) is 11.2 Å². The number of anilines is 1. The predicted octanol–water partition coefficient (Wildman–Crippen LogP) is 3.34. The smallest absolute Gasteiger partial charge is 0.226 e. The standard InChI is InChI=1S/C13H9Cl2N5/c14-9-3-1-8(2-4-9)7-18-12-10-11(17-6-5-16-10)19-13(15)20-12/h1-6H,7H2,(H,17,18,19,20). The monoisotopic (exact) mass is 305 g/mol. The number of halogens is 2. The van der Waals surface area contributed by atoms with Crippen LogP contribution in [0, 0.1) is 0 Å². The molecule has 3 aromatic rings. The lowest BCUT2D eigenvalue weighted by Gasteiger charge is -2.08. The highest BCUT2D eigenvalue weighted by Crippen LogP contribution is 2.19. The summed E-state index contributed by atoms with van der Waals surface area (Å²) in [4.78, 5) is 16.5. The Labute approximate surface area is 125 Å². The van der Waals surface area contributed by atoms with Crippen molar-refractivity contribution in [2.24, 2.45) is 0 Å². The van der Waals surface area contributed by atoms with Crippen LogP contribution in [0.2, 0.25) is 10.3 Å². The first-order valence-electron chi connectivity index (χ1n) is 5.85. The maximum absolute atomic E-state index is 5.88. The average molecular weight is 306 g/mol. The molecular formula is C13H9Cl2N5. The Bertz CT molecular complexity index is 745. The maximum Gasteiger partial charge on any atom is 0.226 e. The summed E-state index contributed by atoms with van der Waals surface area (Å²) in [6, 6.07) is 7.55. The molecule has 0 atom stereocenters. The van der Waals surface area contributed by atoms with Gasteiger partial charge in [0, 0.05) is 24.0 Å². The highest BCUT2D eigenvalue weighted by Gasteiger charge is 2.08. The molecule has 2 heterocycles. The summed E-state index contributed by atoms with van der Waals surface area (Å²) >= 11 is 11.7. The van der Waals surface area contributed by atoms with E-state index in [2.05, 4.69) is 25.3 Å². The summed E-state index contributed by atoms with van der Waals surface area (Å²) in [5.41, 5.74) is 2.12. The SMILES string of the molecule is Clc1ccc(CNc2nc(Cl)nc3nccnc23)cc1. The highest BCUT2D eigenvalue weighted by atomic mass is 35.5. The van der Waals surface area contributed by atoms with Crippen molar-refractivity contribution in [3.8, 4) is 0 Å². The van der Waals surface area contributed by atoms with Gasteiger partial charge in [0.2, 0.25) is 5.28 Å². The zero-order chi connectivity index (χ0) is 13.9. The van der Waals surface area contributed by atoms with Gasteiger partial charge >= 0.3 is 0 Å². The van der Waals surface area contributed by atoms with Crippen LogP contribution in [-0.2, 0) is 6.54 Å². The molecule has 1 aromatic carbocycles. The van der Waals surface area contributed by atoms with Crippen molar-refractivity contribution >= 4 is 40.2 Å². The minimum absolute atomic E-state index is 0.136. The summed E-state index contributed by atoms with van der Waals surface area (Å²) in [5, 5.41) is 4.02. The second-order valence-corrected chi connectivity index (χ2v) is 4.82. The zero-order valence-electron chi connectivity index (χ0n) is 10.2. The van der Waals surface area contributed by atoms with Crippen molar-refractivity contribution in [2.45, 2.75) is 6.54 Å². The van der Waals surface area contributed by atoms with E-state index in [-0.39, 0.29) is 5.28 Å². The van der Waals surface area contributed by atoms with E-state index in [1.807, 2.05) is 24.3 Å². The zero-order valence-corrected chi connectivity index (χ0v) is 11.7. The van der Waals surface area contributed by atoms with Crippen molar-refractivity contribution in [2.75, 3.05) is 5.32 Å². The molecule has 0 unspecified atom stereocenters. The number of benzene rings is 1. The minimum atomic E-state index is 0.136. The van der Waals surface area contributed by atoms with Crippen LogP contribution < -0.4 is 5.32 Å². The van der Waals surface area contributed by atoms with Crippen molar-refractivity contribution in [3.63, 3.8) is 0 Å². The fraction of sp³-hybridized carbons (Fsp3) is 0.0769. The number of nitrogens with one attached hydrogen (secondary N) is 1. The van der Waals surface area contributed by atoms with Gasteiger partial charge in [0.1, 0.15) is 0 Å². The van der Waals surface area contributed by atoms with Crippen LogP contribution >= 0.6 is 23.2 Å². The third kappa shape index (κ3) is 2.79. The van der Waals surface area contributed by atoms with Crippen LogP contribution in [0.1, 0.15) is 5.56 Å². The van der Waals surface area contributed by atoms with Gasteiger partial charge in [0.05, 0.1) is 0 Å². The van der Waals surface area contributed by atoms with Crippen molar-refractivity contribution < 1.29 is 0 Å². The van der Waals surface area contributed by atoms with E-state index < -0.39 is 0 Å². The quantitative estimate of drug-likeness (QED) is 0.752. The minimum Gasteiger partial charge on any atom is -0.364 e. The van der Waals surface area contributed by atoms with Crippen LogP contribution in [0.4, 0.5) is 5.82 Å². The normalized spacial score (nSPS) is 10.7. The van der Waals surface area contributed by atoms with Crippen LogP contribution in [0.3, 0.4) is 0 Å². The second kappa shape index (κ2) is 5.56. The van der Waals surface area contributed by atoms with Gasteiger partial charge in [-0.15, -0.1) is 0 Å². The Kier molecular flexibility index (Phi) is 3.62. The summed E-state index contributed by atoms with van der Waals surface area (Å²) < 4.78 is 0. The first kappa shape index (κ1) is 13.0. The van der Waals surface area contributed by atoms with E-state index in [4.69, 9.17) is 23.2 Å². The molecule has 3 rings (SSSR count). The summed E-state index contributed by atoms with van der Waals surface area (Å²) in [6.45, 7) is 0.580. The summed E-state index contributed by atoms with van der Waals surface area (Å²) in [6.07, 6.45) is 3.15. The number of aromatic nitrogens is 4. The van der Waals surface area contributed by atoms with Crippen LogP contribution in [0.5, 0.6) is 0 Å². The van der Waals surface area contributed by atoms with Gasteiger partial charge in [0.15, 0.2) is 17.0 Å². The molecule has 0 fully saturated rings. The van der Waals surface area contributed by atoms with E-state index in [0.717, 1.165) is 5.56 Å². The molecule has 0 aliphatic rings. The van der Waals surface area contributed by atoms with Crippen molar-refractivity contribution in [1.29, 1.82) is 0 Å². The fourth-order valence-electron chi connectivity index (χ4n) is 1.75. The number of hydrogen-bond acceptors (Lipinski definition) is 5. The molecule has 0 amide bonds. The Morgan fingerprint density at radius 1 is 0.950 bits per heavy atom. The number of fused-ring (bicyclic) bond motifs is 1. The first-order valence-corrected chi connectivity index (χ1v) is 6.60. The lowest BCUT2D eigenvalue weighted by atomic mass is 10.2. The largest absolute Gasteiger partial charge is 0.364 e. The number of hydrogen-bond donors (Lipinski definition) is 1. The molecule has 1 N–H and O–H groups in total. The van der Waals surface area contributed by atoms with E-state index in [1.165, 1.54) is 0 Å². The molecule has 0 saturated heterocycles. The first-order chi connectivity index (χ1) is 9.72. The van der Waals surface area contributed by atoms with Gasteiger partial charge in [-0.25, -0.2) is 9.97 Å². The predicted molar refractivity (Wildman–Crippen MR) is 78.9 cm³/mol. The molecule has 0 bridgehead atoms. The Balaban J connectivity index is 1.88. The topological polar surface area (TPSA) is 63.6 Å². The van der Waals surface area contributed by atoms with Gasteiger partial charge in [0.25, 0.3) is 0 Å². The molecule has 7 heteroatoms. The van der Waals surface area contributed by atoms with E-state index in [1.54, 1.807) is 12.4 Å². The van der Waals surface area contributed by atoms with Crippen molar-refractivity contribution in [3.05, 3.63) is 52.5 Å². The fourth-order valence-corrected chi connectivity index (χ4v) is 2.04. The number of nitrogens with zero attached hydrogens (tertiary/aromatic N) is 4. The maximum atomic E-state index is 5.88. The average Bonchev–Trinajstić information content (AvgIpc) is 2.46. The molecule has 0 saturated carbocycles. The second-order valence-electron chi connectivity index (χ2n) is 4.05. The van der Waals surface area contributed by atoms with Gasteiger partial charge in [-0.05, 0) is 29.3 Å². The molecule has 2 aromatic heterocycles. The third-order valence-corrected chi connectivity index (χ3v) is 3.10. The van der Waals surface area contributed by atoms with E-state index >= 15 is 0 Å². The van der Waals surface area contributed by atoms with Gasteiger partial charge in [-0.2, -0.15) is 9.97 Å². The molecule has 0 radical (unpaired) electrons. The van der Waals surface area contributed by atoms with E-state index in [9.17, 15) is 0 Å². The Hall–Kier alpha value is -1.98. The number of rotatable bonds is 3. The molecule has 0 spiro atoms.